The molecule has 1 saturated heterocycles. The highest BCUT2D eigenvalue weighted by Crippen LogP contribution is 2.39. The Morgan fingerprint density at radius 1 is 1.28 bits per heavy atom. The molecule has 18 heavy (non-hydrogen) atoms. The molecule has 100 valence electrons. The van der Waals surface area contributed by atoms with Crippen molar-refractivity contribution in [3.05, 3.63) is 35.4 Å². The molecule has 0 aliphatic carbocycles. The molecule has 0 spiro atoms. The van der Waals surface area contributed by atoms with Crippen LogP contribution in [0.4, 0.5) is 8.78 Å². The molecule has 1 N–H and O–H groups in total. The van der Waals surface area contributed by atoms with Gasteiger partial charge in [0.15, 0.2) is 0 Å². The maximum absolute atomic E-state index is 14.2. The lowest BCUT2D eigenvalue weighted by atomic mass is 9.92. The van der Waals surface area contributed by atoms with E-state index in [1.807, 2.05) is 12.1 Å². The number of halogens is 2. The molecule has 1 unspecified atom stereocenters. The van der Waals surface area contributed by atoms with Crippen molar-refractivity contribution in [3.8, 4) is 0 Å². The number of alkyl halides is 2. The molecule has 2 rings (SSSR count). The van der Waals surface area contributed by atoms with Crippen molar-refractivity contribution in [2.75, 3.05) is 13.1 Å². The average Bonchev–Trinajstić information content (AvgIpc) is 2.83. The molecule has 0 radical (unpaired) electrons. The maximum atomic E-state index is 14.2. The van der Waals surface area contributed by atoms with Crippen LogP contribution in [0.1, 0.15) is 31.4 Å². The van der Waals surface area contributed by atoms with Gasteiger partial charge in [-0.05, 0) is 30.9 Å². The van der Waals surface area contributed by atoms with Crippen molar-refractivity contribution in [1.82, 2.24) is 5.32 Å². The van der Waals surface area contributed by atoms with Gasteiger partial charge in [-0.3, -0.25) is 0 Å². The molecular weight excluding hydrogens is 232 g/mol. The van der Waals surface area contributed by atoms with Crippen molar-refractivity contribution in [2.24, 2.45) is 11.8 Å². The molecule has 1 heterocycles. The van der Waals surface area contributed by atoms with Crippen LogP contribution in [-0.4, -0.2) is 13.1 Å². The summed E-state index contributed by atoms with van der Waals surface area (Å²) in [7, 11) is 0. The van der Waals surface area contributed by atoms with Crippen LogP contribution in [0.25, 0.3) is 0 Å². The van der Waals surface area contributed by atoms with Crippen LogP contribution in [0.2, 0.25) is 0 Å². The smallest absolute Gasteiger partial charge is 0.277 e. The fraction of sp³-hybridized carbons (Fsp3) is 0.600. The molecule has 1 aliphatic heterocycles. The highest BCUT2D eigenvalue weighted by atomic mass is 19.3. The second-order valence-electron chi connectivity index (χ2n) is 5.61. The van der Waals surface area contributed by atoms with Crippen LogP contribution in [0, 0.1) is 11.8 Å². The molecular formula is C15H21F2N. The summed E-state index contributed by atoms with van der Waals surface area (Å²) in [5.74, 6) is -2.72. The average molecular weight is 253 g/mol. The molecule has 1 atom stereocenters. The van der Waals surface area contributed by atoms with Gasteiger partial charge >= 0.3 is 0 Å². The topological polar surface area (TPSA) is 12.0 Å². The van der Waals surface area contributed by atoms with Crippen molar-refractivity contribution >= 4 is 0 Å². The van der Waals surface area contributed by atoms with Gasteiger partial charge in [0.05, 0.1) is 0 Å². The maximum Gasteiger partial charge on any atom is 0.277 e. The fourth-order valence-corrected chi connectivity index (χ4v) is 2.53. The first-order valence-electron chi connectivity index (χ1n) is 6.68. The monoisotopic (exact) mass is 253 g/mol. The van der Waals surface area contributed by atoms with Gasteiger partial charge in [0, 0.05) is 18.0 Å². The summed E-state index contributed by atoms with van der Waals surface area (Å²) in [5, 5.41) is 3.01. The van der Waals surface area contributed by atoms with Gasteiger partial charge in [-0.1, -0.05) is 38.1 Å². The van der Waals surface area contributed by atoms with Crippen LogP contribution in [-0.2, 0) is 12.3 Å². The summed E-state index contributed by atoms with van der Waals surface area (Å²) in [4.78, 5) is 0. The minimum atomic E-state index is -2.71. The molecule has 0 aromatic heterocycles. The second-order valence-corrected chi connectivity index (χ2v) is 5.61. The Kier molecular flexibility index (Phi) is 4.00. The molecule has 0 amide bonds. The third-order valence-corrected chi connectivity index (χ3v) is 3.56. The molecule has 0 saturated carbocycles. The van der Waals surface area contributed by atoms with Crippen molar-refractivity contribution in [2.45, 2.75) is 32.6 Å². The zero-order valence-electron chi connectivity index (χ0n) is 11.0. The Bertz CT molecular complexity index is 378. The van der Waals surface area contributed by atoms with Gasteiger partial charge in [0.1, 0.15) is 0 Å². The Labute approximate surface area is 108 Å². The van der Waals surface area contributed by atoms with Crippen LogP contribution in [0.15, 0.2) is 24.3 Å². The van der Waals surface area contributed by atoms with Crippen molar-refractivity contribution < 1.29 is 8.78 Å². The quantitative estimate of drug-likeness (QED) is 0.864. The minimum absolute atomic E-state index is 0.156. The van der Waals surface area contributed by atoms with Crippen molar-refractivity contribution in [1.29, 1.82) is 0 Å². The molecule has 0 bridgehead atoms. The van der Waals surface area contributed by atoms with E-state index in [2.05, 4.69) is 19.2 Å². The summed E-state index contributed by atoms with van der Waals surface area (Å²) in [6.45, 7) is 5.38. The predicted molar refractivity (Wildman–Crippen MR) is 69.9 cm³/mol. The van der Waals surface area contributed by atoms with E-state index >= 15 is 0 Å². The van der Waals surface area contributed by atoms with Gasteiger partial charge in [-0.25, -0.2) is 8.78 Å². The van der Waals surface area contributed by atoms with Gasteiger partial charge < -0.3 is 5.32 Å². The number of nitrogens with one attached hydrogen (secondary N) is 1. The molecule has 1 fully saturated rings. The number of benzene rings is 1. The zero-order valence-corrected chi connectivity index (χ0v) is 11.0. The van der Waals surface area contributed by atoms with E-state index < -0.39 is 11.8 Å². The summed E-state index contributed by atoms with van der Waals surface area (Å²) in [6.07, 6.45) is 1.50. The zero-order chi connectivity index (χ0) is 13.2. The molecule has 3 heteroatoms. The third-order valence-electron chi connectivity index (χ3n) is 3.56. The number of hydrogen-bond donors (Lipinski definition) is 1. The van der Waals surface area contributed by atoms with E-state index in [9.17, 15) is 8.78 Å². The highest BCUT2D eigenvalue weighted by molar-refractivity contribution is 5.27. The Morgan fingerprint density at radius 3 is 2.44 bits per heavy atom. The van der Waals surface area contributed by atoms with Crippen LogP contribution < -0.4 is 5.32 Å². The lowest BCUT2D eigenvalue weighted by Gasteiger charge is -2.23. The van der Waals surface area contributed by atoms with Gasteiger partial charge in [0.2, 0.25) is 0 Å². The first-order valence-corrected chi connectivity index (χ1v) is 6.68. The number of rotatable bonds is 4. The summed E-state index contributed by atoms with van der Waals surface area (Å²) in [5.41, 5.74) is 1.29. The van der Waals surface area contributed by atoms with Crippen LogP contribution >= 0.6 is 0 Å². The largest absolute Gasteiger partial charge is 0.316 e. The lowest BCUT2D eigenvalue weighted by molar-refractivity contribution is -0.0575. The first-order chi connectivity index (χ1) is 8.50. The van der Waals surface area contributed by atoms with E-state index in [1.165, 1.54) is 0 Å². The summed E-state index contributed by atoms with van der Waals surface area (Å²) >= 11 is 0. The van der Waals surface area contributed by atoms with E-state index in [0.29, 0.717) is 25.4 Å². The highest BCUT2D eigenvalue weighted by Gasteiger charge is 2.42. The van der Waals surface area contributed by atoms with E-state index in [1.54, 1.807) is 12.1 Å². The Balaban J connectivity index is 2.12. The van der Waals surface area contributed by atoms with E-state index in [4.69, 9.17) is 0 Å². The SMILES string of the molecule is CC(C)Cc1ccc(C(F)(F)C2CCNC2)cc1. The predicted octanol–water partition coefficient (Wildman–Crippen LogP) is 3.59. The fourth-order valence-electron chi connectivity index (χ4n) is 2.53. The Morgan fingerprint density at radius 2 is 1.94 bits per heavy atom. The van der Waals surface area contributed by atoms with Gasteiger partial charge in [0.25, 0.3) is 5.92 Å². The molecule has 1 aliphatic rings. The first kappa shape index (κ1) is 13.5. The molecule has 1 aromatic rings. The van der Waals surface area contributed by atoms with Gasteiger partial charge in [-0.15, -0.1) is 0 Å². The van der Waals surface area contributed by atoms with Gasteiger partial charge in [-0.2, -0.15) is 0 Å². The van der Waals surface area contributed by atoms with Crippen LogP contribution in [0.5, 0.6) is 0 Å². The second kappa shape index (κ2) is 5.35. The van der Waals surface area contributed by atoms with E-state index in [0.717, 1.165) is 12.0 Å². The lowest BCUT2D eigenvalue weighted by Crippen LogP contribution is -2.27. The molecule has 1 aromatic carbocycles. The molecule has 1 nitrogen and oxygen atoms in total. The summed E-state index contributed by atoms with van der Waals surface area (Å²) in [6, 6.07) is 6.86. The number of hydrogen-bond acceptors (Lipinski definition) is 1. The Hall–Kier alpha value is -0.960. The normalized spacial score (nSPS) is 20.6. The van der Waals surface area contributed by atoms with Crippen molar-refractivity contribution in [3.63, 3.8) is 0 Å². The summed E-state index contributed by atoms with van der Waals surface area (Å²) < 4.78 is 28.4. The van der Waals surface area contributed by atoms with E-state index in [-0.39, 0.29) is 5.56 Å². The third kappa shape index (κ3) is 2.89. The minimum Gasteiger partial charge on any atom is -0.316 e. The van der Waals surface area contributed by atoms with Crippen LogP contribution in [0.3, 0.4) is 0 Å². The standard InChI is InChI=1S/C15H21F2N/c1-11(2)9-12-3-5-13(6-4-12)15(16,17)14-7-8-18-10-14/h3-6,11,14,18H,7-10H2,1-2H3.